The van der Waals surface area contributed by atoms with E-state index in [9.17, 15) is 5.11 Å². The molecule has 0 bridgehead atoms. The fraction of sp³-hybridized carbons (Fsp3) is 0.455. The average molecular weight is 405 g/mol. The van der Waals surface area contributed by atoms with Gasteiger partial charge in [-0.15, -0.1) is 0 Å². The first kappa shape index (κ1) is 22.8. The van der Waals surface area contributed by atoms with Crippen LogP contribution in [-0.4, -0.2) is 70.9 Å². The van der Waals surface area contributed by atoms with E-state index in [4.69, 9.17) is 23.7 Å². The first-order valence-corrected chi connectivity index (χ1v) is 9.46. The summed E-state index contributed by atoms with van der Waals surface area (Å²) < 4.78 is 26.7. The Morgan fingerprint density at radius 2 is 1.55 bits per heavy atom. The minimum absolute atomic E-state index is 0.196. The third-order valence-corrected chi connectivity index (χ3v) is 4.44. The molecule has 0 saturated carbocycles. The maximum absolute atomic E-state index is 10.5. The third kappa shape index (κ3) is 7.45. The van der Waals surface area contributed by atoms with Gasteiger partial charge in [0.1, 0.15) is 24.2 Å². The van der Waals surface area contributed by atoms with Crippen LogP contribution < -0.4 is 18.9 Å². The molecule has 0 aliphatic rings. The van der Waals surface area contributed by atoms with E-state index in [2.05, 4.69) is 4.90 Å². The Morgan fingerprint density at radius 1 is 0.862 bits per heavy atom. The quantitative estimate of drug-likeness (QED) is 0.549. The summed E-state index contributed by atoms with van der Waals surface area (Å²) in [5.74, 6) is 2.82. The van der Waals surface area contributed by atoms with Crippen LogP contribution in [0.15, 0.2) is 42.5 Å². The predicted octanol–water partition coefficient (Wildman–Crippen LogP) is 2.60. The molecule has 7 nitrogen and oxygen atoms in total. The molecule has 0 aliphatic carbocycles. The van der Waals surface area contributed by atoms with Crippen LogP contribution in [-0.2, 0) is 11.3 Å². The van der Waals surface area contributed by atoms with Crippen molar-refractivity contribution in [2.75, 3.05) is 54.7 Å². The highest BCUT2D eigenvalue weighted by Gasteiger charge is 2.15. The zero-order chi connectivity index (χ0) is 21.1. The monoisotopic (exact) mass is 405 g/mol. The Bertz CT molecular complexity index is 722. The SMILES string of the molecule is COCCN(Cc1ccc(OC)c(OC)c1)C[C@@H](O)COc1ccc(OC)cc1. The zero-order valence-corrected chi connectivity index (χ0v) is 17.6. The lowest BCUT2D eigenvalue weighted by Gasteiger charge is -2.25. The number of methoxy groups -OCH3 is 4. The first-order valence-electron chi connectivity index (χ1n) is 9.46. The Hall–Kier alpha value is -2.48. The van der Waals surface area contributed by atoms with E-state index >= 15 is 0 Å². The highest BCUT2D eigenvalue weighted by atomic mass is 16.5. The van der Waals surface area contributed by atoms with Crippen LogP contribution in [0.2, 0.25) is 0 Å². The van der Waals surface area contributed by atoms with Crippen molar-refractivity contribution in [3.8, 4) is 23.0 Å². The molecule has 7 heteroatoms. The maximum atomic E-state index is 10.5. The number of hydrogen-bond acceptors (Lipinski definition) is 7. The van der Waals surface area contributed by atoms with E-state index in [0.717, 1.165) is 11.3 Å². The van der Waals surface area contributed by atoms with E-state index in [1.807, 2.05) is 42.5 Å². The van der Waals surface area contributed by atoms with Crippen LogP contribution >= 0.6 is 0 Å². The largest absolute Gasteiger partial charge is 0.497 e. The molecule has 0 fully saturated rings. The van der Waals surface area contributed by atoms with E-state index in [0.29, 0.717) is 43.5 Å². The second-order valence-corrected chi connectivity index (χ2v) is 6.56. The molecule has 2 rings (SSSR count). The van der Waals surface area contributed by atoms with Crippen molar-refractivity contribution in [1.29, 1.82) is 0 Å². The summed E-state index contributed by atoms with van der Waals surface area (Å²) in [5.41, 5.74) is 1.06. The Morgan fingerprint density at radius 3 is 2.17 bits per heavy atom. The summed E-state index contributed by atoms with van der Waals surface area (Å²) in [6, 6.07) is 13.1. The van der Waals surface area contributed by atoms with E-state index in [1.165, 1.54) is 0 Å². The van der Waals surface area contributed by atoms with Crippen LogP contribution in [0.3, 0.4) is 0 Å². The lowest BCUT2D eigenvalue weighted by atomic mass is 10.1. The van der Waals surface area contributed by atoms with Crippen LogP contribution in [0.5, 0.6) is 23.0 Å². The van der Waals surface area contributed by atoms with Gasteiger partial charge in [-0.1, -0.05) is 6.07 Å². The van der Waals surface area contributed by atoms with Crippen molar-refractivity contribution in [3.63, 3.8) is 0 Å². The van der Waals surface area contributed by atoms with Gasteiger partial charge in [-0.25, -0.2) is 0 Å². The van der Waals surface area contributed by atoms with Crippen LogP contribution in [0, 0.1) is 0 Å². The van der Waals surface area contributed by atoms with Crippen molar-refractivity contribution in [1.82, 2.24) is 4.90 Å². The van der Waals surface area contributed by atoms with Crippen LogP contribution in [0.25, 0.3) is 0 Å². The summed E-state index contributed by atoms with van der Waals surface area (Å²) in [4.78, 5) is 2.12. The fourth-order valence-electron chi connectivity index (χ4n) is 2.91. The van der Waals surface area contributed by atoms with Crippen LogP contribution in [0.1, 0.15) is 5.56 Å². The minimum atomic E-state index is -0.644. The Labute approximate surface area is 172 Å². The molecule has 1 atom stereocenters. The molecular formula is C22H31NO6. The van der Waals surface area contributed by atoms with Gasteiger partial charge in [0.05, 0.1) is 27.9 Å². The zero-order valence-electron chi connectivity index (χ0n) is 17.6. The van der Waals surface area contributed by atoms with Gasteiger partial charge in [-0.05, 0) is 42.0 Å². The van der Waals surface area contributed by atoms with Crippen molar-refractivity contribution in [2.45, 2.75) is 12.6 Å². The van der Waals surface area contributed by atoms with Gasteiger partial charge in [0.25, 0.3) is 0 Å². The predicted molar refractivity (Wildman–Crippen MR) is 111 cm³/mol. The minimum Gasteiger partial charge on any atom is -0.497 e. The lowest BCUT2D eigenvalue weighted by molar-refractivity contribution is 0.0542. The molecule has 0 radical (unpaired) electrons. The molecule has 0 unspecified atom stereocenters. The second-order valence-electron chi connectivity index (χ2n) is 6.56. The number of ether oxygens (including phenoxy) is 5. The maximum Gasteiger partial charge on any atom is 0.161 e. The van der Waals surface area contributed by atoms with Gasteiger partial charge in [-0.3, -0.25) is 4.90 Å². The van der Waals surface area contributed by atoms with Crippen molar-refractivity contribution in [3.05, 3.63) is 48.0 Å². The molecule has 0 aliphatic heterocycles. The highest BCUT2D eigenvalue weighted by molar-refractivity contribution is 5.42. The third-order valence-electron chi connectivity index (χ3n) is 4.44. The second kappa shape index (κ2) is 12.2. The smallest absolute Gasteiger partial charge is 0.161 e. The average Bonchev–Trinajstić information content (AvgIpc) is 2.76. The van der Waals surface area contributed by atoms with Crippen molar-refractivity contribution in [2.24, 2.45) is 0 Å². The van der Waals surface area contributed by atoms with Gasteiger partial charge in [-0.2, -0.15) is 0 Å². The molecule has 160 valence electrons. The number of aliphatic hydroxyl groups excluding tert-OH is 1. The molecule has 2 aromatic rings. The molecule has 0 heterocycles. The highest BCUT2D eigenvalue weighted by Crippen LogP contribution is 2.28. The number of aliphatic hydroxyl groups is 1. The number of nitrogens with zero attached hydrogens (tertiary/aromatic N) is 1. The topological polar surface area (TPSA) is 69.6 Å². The van der Waals surface area contributed by atoms with Crippen molar-refractivity contribution < 1.29 is 28.8 Å². The molecule has 0 spiro atoms. The summed E-state index contributed by atoms with van der Waals surface area (Å²) in [7, 11) is 6.51. The summed E-state index contributed by atoms with van der Waals surface area (Å²) in [6.45, 7) is 2.54. The van der Waals surface area contributed by atoms with Crippen molar-refractivity contribution >= 4 is 0 Å². The number of hydrogen-bond donors (Lipinski definition) is 1. The van der Waals surface area contributed by atoms with Gasteiger partial charge < -0.3 is 28.8 Å². The summed E-state index contributed by atoms with van der Waals surface area (Å²) in [6.07, 6.45) is -0.644. The molecule has 0 amide bonds. The van der Waals surface area contributed by atoms with E-state index < -0.39 is 6.10 Å². The van der Waals surface area contributed by atoms with Crippen LogP contribution in [0.4, 0.5) is 0 Å². The first-order chi connectivity index (χ1) is 14.1. The number of benzene rings is 2. The lowest BCUT2D eigenvalue weighted by Crippen LogP contribution is -2.37. The number of rotatable bonds is 13. The fourth-order valence-corrected chi connectivity index (χ4v) is 2.91. The normalized spacial score (nSPS) is 11.9. The molecule has 0 aromatic heterocycles. The Balaban J connectivity index is 1.94. The van der Waals surface area contributed by atoms with Gasteiger partial charge in [0.2, 0.25) is 0 Å². The molecular weight excluding hydrogens is 374 g/mol. The molecule has 0 saturated heterocycles. The molecule has 1 N–H and O–H groups in total. The molecule has 2 aromatic carbocycles. The summed E-state index contributed by atoms with van der Waals surface area (Å²) >= 11 is 0. The van der Waals surface area contributed by atoms with Gasteiger partial charge in [0.15, 0.2) is 11.5 Å². The molecule has 29 heavy (non-hydrogen) atoms. The van der Waals surface area contributed by atoms with E-state index in [-0.39, 0.29) is 6.61 Å². The Kier molecular flexibility index (Phi) is 9.56. The van der Waals surface area contributed by atoms with Gasteiger partial charge >= 0.3 is 0 Å². The van der Waals surface area contributed by atoms with E-state index in [1.54, 1.807) is 28.4 Å². The van der Waals surface area contributed by atoms with Gasteiger partial charge in [0, 0.05) is 26.7 Å². The standard InChI is InChI=1S/C22H31NO6/c1-25-12-11-23(14-17-5-10-21(27-3)22(13-17)28-4)15-18(24)16-29-20-8-6-19(26-2)7-9-20/h5-10,13,18,24H,11-12,14-16H2,1-4H3/t18-/m1/s1. The summed E-state index contributed by atoms with van der Waals surface area (Å²) in [5, 5.41) is 10.5.